The van der Waals surface area contributed by atoms with Gasteiger partial charge in [-0.3, -0.25) is 0 Å². The molecular weight excluding hydrogens is 398 g/mol. The highest BCUT2D eigenvalue weighted by Gasteiger charge is 2.11. The van der Waals surface area contributed by atoms with Crippen molar-refractivity contribution in [3.8, 4) is 17.1 Å². The number of aromatic nitrogens is 2. The number of ether oxygens (including phenoxy) is 1. The summed E-state index contributed by atoms with van der Waals surface area (Å²) in [5, 5.41) is 7.31. The van der Waals surface area contributed by atoms with Crippen LogP contribution in [0, 0.1) is 26.7 Å². The molecule has 32 heavy (non-hydrogen) atoms. The molecule has 5 heteroatoms. The molecule has 0 fully saturated rings. The van der Waals surface area contributed by atoms with Crippen molar-refractivity contribution in [1.29, 1.82) is 0 Å². The number of allylic oxidation sites excluding steroid dienone is 1. The molecule has 2 aromatic carbocycles. The Balaban J connectivity index is 0.000000769. The predicted molar refractivity (Wildman–Crippen MR) is 135 cm³/mol. The van der Waals surface area contributed by atoms with E-state index in [1.807, 2.05) is 64.1 Å². The average molecular weight is 438 g/mol. The summed E-state index contributed by atoms with van der Waals surface area (Å²) in [5.41, 5.74) is 6.27. The Kier molecular flexibility index (Phi) is 11.3. The second-order valence-electron chi connectivity index (χ2n) is 8.21. The van der Waals surface area contributed by atoms with Crippen LogP contribution in [0.2, 0.25) is 0 Å². The van der Waals surface area contributed by atoms with Crippen molar-refractivity contribution in [2.45, 2.75) is 68.9 Å². The van der Waals surface area contributed by atoms with Gasteiger partial charge in [-0.1, -0.05) is 64.6 Å². The molecule has 0 atom stereocenters. The molecule has 3 rings (SSSR count). The monoisotopic (exact) mass is 437 g/mol. The lowest BCUT2D eigenvalue weighted by Gasteiger charge is -2.09. The maximum absolute atomic E-state index is 5.75. The largest absolute Gasteiger partial charge is 0.484 e. The smallest absolute Gasteiger partial charge is 0.264 e. The summed E-state index contributed by atoms with van der Waals surface area (Å²) in [5.74, 6) is 2.60. The number of aryl methyl sites for hydroxylation is 3. The Morgan fingerprint density at radius 2 is 1.62 bits per heavy atom. The molecule has 174 valence electrons. The third kappa shape index (κ3) is 8.96. The Labute approximate surface area is 193 Å². The normalized spacial score (nSPS) is 9.94. The zero-order valence-corrected chi connectivity index (χ0v) is 21.2. The minimum Gasteiger partial charge on any atom is -0.484 e. The van der Waals surface area contributed by atoms with E-state index in [0.29, 0.717) is 11.7 Å². The van der Waals surface area contributed by atoms with Crippen LogP contribution in [0.1, 0.15) is 64.1 Å². The molecule has 0 amide bonds. The lowest BCUT2D eigenvalue weighted by molar-refractivity contribution is 0.243. The lowest BCUT2D eigenvalue weighted by atomic mass is 10.1. The van der Waals surface area contributed by atoms with Gasteiger partial charge in [0.15, 0.2) is 6.61 Å². The average Bonchev–Trinajstić information content (AvgIpc) is 3.20. The van der Waals surface area contributed by atoms with Crippen LogP contribution < -0.4 is 10.1 Å². The van der Waals surface area contributed by atoms with Crippen molar-refractivity contribution in [2.75, 3.05) is 5.32 Å². The third-order valence-corrected chi connectivity index (χ3v) is 4.15. The van der Waals surface area contributed by atoms with E-state index in [9.17, 15) is 0 Å². The van der Waals surface area contributed by atoms with E-state index in [2.05, 4.69) is 56.7 Å². The number of hydrogen-bond donors (Lipinski definition) is 1. The van der Waals surface area contributed by atoms with Gasteiger partial charge in [-0.2, -0.15) is 4.98 Å². The van der Waals surface area contributed by atoms with Crippen molar-refractivity contribution < 1.29 is 9.26 Å². The van der Waals surface area contributed by atoms with Crippen molar-refractivity contribution in [3.05, 3.63) is 71.3 Å². The first-order valence-corrected chi connectivity index (χ1v) is 11.2. The number of rotatable bonds is 6. The van der Waals surface area contributed by atoms with Crippen LogP contribution >= 0.6 is 0 Å². The molecule has 0 aliphatic rings. The Hall–Kier alpha value is -3.08. The highest BCUT2D eigenvalue weighted by molar-refractivity contribution is 5.66. The van der Waals surface area contributed by atoms with Crippen molar-refractivity contribution in [3.63, 3.8) is 0 Å². The molecule has 1 aromatic heterocycles. The van der Waals surface area contributed by atoms with Gasteiger partial charge in [0.1, 0.15) is 5.75 Å². The van der Waals surface area contributed by atoms with E-state index in [1.165, 1.54) is 11.1 Å². The van der Waals surface area contributed by atoms with Crippen molar-refractivity contribution in [1.82, 2.24) is 10.1 Å². The molecule has 0 bridgehead atoms. The van der Waals surface area contributed by atoms with Gasteiger partial charge in [0.05, 0.1) is 0 Å². The quantitative estimate of drug-likeness (QED) is 0.425. The van der Waals surface area contributed by atoms with E-state index >= 15 is 0 Å². The van der Waals surface area contributed by atoms with Crippen LogP contribution in [-0.2, 0) is 6.61 Å². The molecule has 0 aliphatic heterocycles. The maximum Gasteiger partial charge on any atom is 0.264 e. The fraction of sp³-hybridized carbons (Fsp3) is 0.407. The topological polar surface area (TPSA) is 60.2 Å². The molecule has 0 saturated carbocycles. The van der Waals surface area contributed by atoms with Gasteiger partial charge in [-0.25, -0.2) is 0 Å². The van der Waals surface area contributed by atoms with Gasteiger partial charge in [-0.15, -0.1) is 0 Å². The van der Waals surface area contributed by atoms with Gasteiger partial charge < -0.3 is 14.6 Å². The minimum atomic E-state index is 0.234. The summed E-state index contributed by atoms with van der Waals surface area (Å²) in [4.78, 5) is 4.43. The van der Waals surface area contributed by atoms with Gasteiger partial charge >= 0.3 is 0 Å². The number of nitrogens with zero attached hydrogens (tertiary/aromatic N) is 2. The maximum atomic E-state index is 5.75. The van der Waals surface area contributed by atoms with Gasteiger partial charge in [0, 0.05) is 16.9 Å². The van der Waals surface area contributed by atoms with Gasteiger partial charge in [-0.05, 0) is 68.5 Å². The van der Waals surface area contributed by atoms with Crippen LogP contribution in [0.25, 0.3) is 11.4 Å². The molecule has 0 saturated heterocycles. The van der Waals surface area contributed by atoms with Crippen molar-refractivity contribution in [2.24, 2.45) is 5.92 Å². The van der Waals surface area contributed by atoms with Gasteiger partial charge in [0.2, 0.25) is 5.82 Å². The lowest BCUT2D eigenvalue weighted by Crippen LogP contribution is -1.97. The predicted octanol–water partition coefficient (Wildman–Crippen LogP) is 7.87. The highest BCUT2D eigenvalue weighted by atomic mass is 16.5. The second-order valence-corrected chi connectivity index (χ2v) is 8.21. The first-order valence-electron chi connectivity index (χ1n) is 11.2. The molecular formula is C27H39N3O2. The number of nitrogens with one attached hydrogen (secondary N) is 1. The molecule has 0 aliphatic carbocycles. The second kappa shape index (κ2) is 13.4. The molecule has 0 unspecified atom stereocenters. The van der Waals surface area contributed by atoms with Crippen molar-refractivity contribution >= 4 is 5.69 Å². The fourth-order valence-corrected chi connectivity index (χ4v) is 2.51. The Morgan fingerprint density at radius 1 is 1.00 bits per heavy atom. The standard InChI is InChI=1S/C21H23N3O2.C4H10.C2H6/c1-13(2)22-19-11-17(8-6-15(19)4)21-23-20(26-24-21)12-25-18-9-7-14(3)16(5)10-18;1-4(2)3;1-2/h6-11,22H,1,12H2,2-5H3;4H,1-3H3;1-2H3. The van der Waals surface area contributed by atoms with Crippen LogP contribution in [-0.4, -0.2) is 10.1 Å². The minimum absolute atomic E-state index is 0.234. The van der Waals surface area contributed by atoms with E-state index in [4.69, 9.17) is 9.26 Å². The number of anilines is 1. The van der Waals surface area contributed by atoms with E-state index in [1.54, 1.807) is 0 Å². The molecule has 1 heterocycles. The van der Waals surface area contributed by atoms with Crippen LogP contribution in [0.5, 0.6) is 5.75 Å². The van der Waals surface area contributed by atoms with E-state index in [-0.39, 0.29) is 6.61 Å². The summed E-state index contributed by atoms with van der Waals surface area (Å²) < 4.78 is 11.1. The van der Waals surface area contributed by atoms with Crippen LogP contribution in [0.3, 0.4) is 0 Å². The summed E-state index contributed by atoms with van der Waals surface area (Å²) in [7, 11) is 0. The zero-order chi connectivity index (χ0) is 24.3. The van der Waals surface area contributed by atoms with E-state index in [0.717, 1.165) is 34.2 Å². The Morgan fingerprint density at radius 3 is 2.22 bits per heavy atom. The summed E-state index contributed by atoms with van der Waals surface area (Å²) in [6.45, 7) is 22.7. The molecule has 3 aromatic rings. The first-order chi connectivity index (χ1) is 15.2. The third-order valence-electron chi connectivity index (χ3n) is 4.15. The summed E-state index contributed by atoms with van der Waals surface area (Å²) >= 11 is 0. The SMILES string of the molecule is C=C(C)Nc1cc(-c2noc(COc3ccc(C)c(C)c3)n2)ccc1C.CC.CC(C)C. The first kappa shape index (κ1) is 27.0. The molecule has 1 N–H and O–H groups in total. The molecule has 0 radical (unpaired) electrons. The Bertz CT molecular complexity index is 988. The number of hydrogen-bond acceptors (Lipinski definition) is 5. The molecule has 0 spiro atoms. The fourth-order valence-electron chi connectivity index (χ4n) is 2.51. The summed E-state index contributed by atoms with van der Waals surface area (Å²) in [6.07, 6.45) is 0. The van der Waals surface area contributed by atoms with Gasteiger partial charge in [0.25, 0.3) is 5.89 Å². The summed E-state index contributed by atoms with van der Waals surface area (Å²) in [6, 6.07) is 12.0. The van der Waals surface area contributed by atoms with Crippen LogP contribution in [0.15, 0.2) is 53.2 Å². The van der Waals surface area contributed by atoms with Crippen LogP contribution in [0.4, 0.5) is 5.69 Å². The highest BCUT2D eigenvalue weighted by Crippen LogP contribution is 2.25. The molecule has 5 nitrogen and oxygen atoms in total. The zero-order valence-electron chi connectivity index (χ0n) is 21.2. The number of benzene rings is 2. The van der Waals surface area contributed by atoms with E-state index < -0.39 is 0 Å².